The van der Waals surface area contributed by atoms with Crippen molar-refractivity contribution < 1.29 is 14.3 Å². The van der Waals surface area contributed by atoms with Crippen molar-refractivity contribution in [3.8, 4) is 5.88 Å². The van der Waals surface area contributed by atoms with E-state index in [1.807, 2.05) is 38.1 Å². The number of anilines is 2. The Bertz CT molecular complexity index is 1000. The van der Waals surface area contributed by atoms with Crippen LogP contribution in [0.3, 0.4) is 0 Å². The van der Waals surface area contributed by atoms with Gasteiger partial charge in [-0.1, -0.05) is 24.3 Å². The molecule has 0 aliphatic heterocycles. The fourth-order valence-electron chi connectivity index (χ4n) is 2.68. The van der Waals surface area contributed by atoms with Crippen molar-refractivity contribution in [1.29, 1.82) is 0 Å². The fraction of sp³-hybridized carbons (Fsp3) is 0.136. The van der Waals surface area contributed by atoms with Crippen LogP contribution in [0.1, 0.15) is 33.2 Å². The molecule has 0 atom stereocenters. The van der Waals surface area contributed by atoms with E-state index in [0.29, 0.717) is 35.0 Å². The molecule has 142 valence electrons. The third kappa shape index (κ3) is 4.73. The number of aryl methyl sites for hydroxylation is 1. The first-order valence-corrected chi connectivity index (χ1v) is 8.94. The van der Waals surface area contributed by atoms with Gasteiger partial charge in [-0.25, -0.2) is 4.98 Å². The second-order valence-corrected chi connectivity index (χ2v) is 6.14. The Balaban J connectivity index is 1.79. The van der Waals surface area contributed by atoms with Crippen LogP contribution >= 0.6 is 0 Å². The van der Waals surface area contributed by atoms with Gasteiger partial charge in [-0.15, -0.1) is 0 Å². The summed E-state index contributed by atoms with van der Waals surface area (Å²) in [5.41, 5.74) is 2.93. The topological polar surface area (TPSA) is 80.3 Å². The van der Waals surface area contributed by atoms with E-state index in [-0.39, 0.29) is 11.8 Å². The van der Waals surface area contributed by atoms with Crippen molar-refractivity contribution in [1.82, 2.24) is 4.98 Å². The van der Waals surface area contributed by atoms with E-state index in [1.165, 1.54) is 6.20 Å². The van der Waals surface area contributed by atoms with E-state index in [0.717, 1.165) is 5.56 Å². The smallest absolute Gasteiger partial charge is 0.257 e. The van der Waals surface area contributed by atoms with Gasteiger partial charge < -0.3 is 15.4 Å². The fourth-order valence-corrected chi connectivity index (χ4v) is 2.68. The van der Waals surface area contributed by atoms with Crippen LogP contribution in [0.15, 0.2) is 66.9 Å². The number of ether oxygens (including phenoxy) is 1. The third-order valence-corrected chi connectivity index (χ3v) is 3.99. The van der Waals surface area contributed by atoms with Crippen LogP contribution in [-0.2, 0) is 0 Å². The summed E-state index contributed by atoms with van der Waals surface area (Å²) in [6.45, 7) is 4.26. The Morgan fingerprint density at radius 1 is 0.964 bits per heavy atom. The minimum atomic E-state index is -0.348. The maximum Gasteiger partial charge on any atom is 0.257 e. The van der Waals surface area contributed by atoms with Crippen LogP contribution in [0, 0.1) is 6.92 Å². The average molecular weight is 375 g/mol. The highest BCUT2D eigenvalue weighted by Crippen LogP contribution is 2.19. The molecule has 6 heteroatoms. The summed E-state index contributed by atoms with van der Waals surface area (Å²) < 4.78 is 5.33. The molecule has 0 bridgehead atoms. The van der Waals surface area contributed by atoms with E-state index in [9.17, 15) is 9.59 Å². The van der Waals surface area contributed by atoms with Crippen molar-refractivity contribution >= 4 is 23.2 Å². The number of benzene rings is 2. The van der Waals surface area contributed by atoms with Gasteiger partial charge in [-0.2, -0.15) is 0 Å². The first-order chi connectivity index (χ1) is 13.6. The van der Waals surface area contributed by atoms with Gasteiger partial charge in [0.2, 0.25) is 5.88 Å². The summed E-state index contributed by atoms with van der Waals surface area (Å²) in [7, 11) is 0. The van der Waals surface area contributed by atoms with Crippen molar-refractivity contribution in [3.05, 3.63) is 83.6 Å². The number of amides is 2. The van der Waals surface area contributed by atoms with Gasteiger partial charge in [-0.05, 0) is 49.7 Å². The monoisotopic (exact) mass is 375 g/mol. The minimum Gasteiger partial charge on any atom is -0.478 e. The lowest BCUT2D eigenvalue weighted by molar-refractivity contribution is 0.102. The third-order valence-electron chi connectivity index (χ3n) is 3.99. The maximum atomic E-state index is 12.7. The van der Waals surface area contributed by atoms with Crippen molar-refractivity contribution in [2.24, 2.45) is 0 Å². The zero-order chi connectivity index (χ0) is 19.9. The van der Waals surface area contributed by atoms with E-state index in [1.54, 1.807) is 36.4 Å². The Labute approximate surface area is 163 Å². The highest BCUT2D eigenvalue weighted by atomic mass is 16.5. The van der Waals surface area contributed by atoms with Gasteiger partial charge in [0.25, 0.3) is 11.8 Å². The number of rotatable bonds is 6. The average Bonchev–Trinajstić information content (AvgIpc) is 2.69. The van der Waals surface area contributed by atoms with E-state index >= 15 is 0 Å². The molecule has 28 heavy (non-hydrogen) atoms. The lowest BCUT2D eigenvalue weighted by Gasteiger charge is -2.12. The highest BCUT2D eigenvalue weighted by Gasteiger charge is 2.15. The second kappa shape index (κ2) is 8.81. The van der Waals surface area contributed by atoms with Crippen LogP contribution in [0.2, 0.25) is 0 Å². The van der Waals surface area contributed by atoms with Gasteiger partial charge in [0.1, 0.15) is 0 Å². The van der Waals surface area contributed by atoms with Crippen molar-refractivity contribution in [3.63, 3.8) is 0 Å². The molecule has 1 aromatic heterocycles. The van der Waals surface area contributed by atoms with E-state index in [2.05, 4.69) is 15.6 Å². The molecule has 1 heterocycles. The van der Waals surface area contributed by atoms with E-state index < -0.39 is 0 Å². The molecule has 0 radical (unpaired) electrons. The van der Waals surface area contributed by atoms with Gasteiger partial charge in [0, 0.05) is 23.5 Å². The second-order valence-electron chi connectivity index (χ2n) is 6.14. The number of nitrogens with zero attached hydrogens (tertiary/aromatic N) is 1. The predicted octanol–water partition coefficient (Wildman–Crippen LogP) is 4.29. The Morgan fingerprint density at radius 3 is 2.57 bits per heavy atom. The summed E-state index contributed by atoms with van der Waals surface area (Å²) in [5.74, 6) is -0.272. The van der Waals surface area contributed by atoms with E-state index in [4.69, 9.17) is 4.74 Å². The largest absolute Gasteiger partial charge is 0.478 e. The summed E-state index contributed by atoms with van der Waals surface area (Å²) in [4.78, 5) is 29.4. The van der Waals surface area contributed by atoms with Gasteiger partial charge in [0.15, 0.2) is 0 Å². The minimum absolute atomic E-state index is 0.300. The molecule has 2 N–H and O–H groups in total. The number of para-hydroxylation sites is 1. The number of pyridine rings is 1. The van der Waals surface area contributed by atoms with Crippen LogP contribution in [0.5, 0.6) is 5.88 Å². The van der Waals surface area contributed by atoms with Crippen LogP contribution < -0.4 is 15.4 Å². The first-order valence-electron chi connectivity index (χ1n) is 8.94. The molecule has 0 aliphatic carbocycles. The molecule has 3 rings (SSSR count). The number of carbonyl (C=O) groups excluding carboxylic acids is 2. The van der Waals surface area contributed by atoms with Crippen LogP contribution in [0.25, 0.3) is 0 Å². The molecule has 2 aromatic carbocycles. The van der Waals surface area contributed by atoms with Gasteiger partial charge >= 0.3 is 0 Å². The summed E-state index contributed by atoms with van der Waals surface area (Å²) in [5, 5.41) is 5.65. The number of hydrogen-bond donors (Lipinski definition) is 2. The molecular weight excluding hydrogens is 354 g/mol. The van der Waals surface area contributed by atoms with Crippen LogP contribution in [0.4, 0.5) is 11.4 Å². The maximum absolute atomic E-state index is 12.7. The SMILES string of the molecule is CCOc1cc(C(=O)Nc2ccccc2C(=O)Nc2cccc(C)c2)ccn1. The zero-order valence-corrected chi connectivity index (χ0v) is 15.7. The zero-order valence-electron chi connectivity index (χ0n) is 15.7. The summed E-state index contributed by atoms with van der Waals surface area (Å²) >= 11 is 0. The van der Waals surface area contributed by atoms with Crippen LogP contribution in [-0.4, -0.2) is 23.4 Å². The Hall–Kier alpha value is -3.67. The Morgan fingerprint density at radius 2 is 1.79 bits per heavy atom. The molecular formula is C22H21N3O3. The first kappa shape index (κ1) is 19.1. The lowest BCUT2D eigenvalue weighted by Crippen LogP contribution is -2.18. The molecule has 3 aromatic rings. The predicted molar refractivity (Wildman–Crippen MR) is 109 cm³/mol. The standard InChI is InChI=1S/C22H21N3O3/c1-3-28-20-14-16(11-12-23-20)21(26)25-19-10-5-4-9-18(19)22(27)24-17-8-6-7-15(2)13-17/h4-14H,3H2,1-2H3,(H,24,27)(H,25,26). The number of hydrogen-bond acceptors (Lipinski definition) is 4. The molecule has 2 amide bonds. The molecule has 0 fully saturated rings. The normalized spacial score (nSPS) is 10.2. The molecule has 0 saturated carbocycles. The molecule has 0 unspecified atom stereocenters. The van der Waals surface area contributed by atoms with Crippen molar-refractivity contribution in [2.75, 3.05) is 17.2 Å². The molecule has 6 nitrogen and oxygen atoms in total. The quantitative estimate of drug-likeness (QED) is 0.673. The highest BCUT2D eigenvalue weighted by molar-refractivity contribution is 6.12. The molecule has 0 saturated heterocycles. The number of carbonyl (C=O) groups is 2. The summed E-state index contributed by atoms with van der Waals surface area (Å²) in [6, 6.07) is 17.5. The lowest BCUT2D eigenvalue weighted by atomic mass is 10.1. The number of nitrogens with one attached hydrogen (secondary N) is 2. The Kier molecular flexibility index (Phi) is 6.01. The number of aromatic nitrogens is 1. The van der Waals surface area contributed by atoms with Gasteiger partial charge in [0.05, 0.1) is 17.9 Å². The van der Waals surface area contributed by atoms with Gasteiger partial charge in [-0.3, -0.25) is 9.59 Å². The summed E-state index contributed by atoms with van der Waals surface area (Å²) in [6.07, 6.45) is 1.51. The molecule has 0 aliphatic rings. The van der Waals surface area contributed by atoms with Crippen molar-refractivity contribution in [2.45, 2.75) is 13.8 Å². The molecule has 0 spiro atoms.